The Kier molecular flexibility index (Phi) is 8.79. The van der Waals surface area contributed by atoms with Crippen molar-refractivity contribution in [1.29, 1.82) is 0 Å². The van der Waals surface area contributed by atoms with Crippen molar-refractivity contribution in [2.24, 2.45) is 5.92 Å². The Morgan fingerprint density at radius 1 is 1.13 bits per heavy atom. The van der Waals surface area contributed by atoms with Crippen LogP contribution in [0, 0.1) is 5.92 Å². The Bertz CT molecular complexity index is 863. The molecule has 0 aliphatic carbocycles. The van der Waals surface area contributed by atoms with E-state index >= 15 is 0 Å². The maximum absolute atomic E-state index is 12.6. The fourth-order valence-corrected chi connectivity index (χ4v) is 4.45. The number of sulfonamides is 1. The summed E-state index contributed by atoms with van der Waals surface area (Å²) in [5.74, 6) is -1.20. The second-order valence-corrected chi connectivity index (χ2v) is 9.50. The van der Waals surface area contributed by atoms with Gasteiger partial charge in [-0.05, 0) is 43.4 Å². The van der Waals surface area contributed by atoms with Crippen LogP contribution in [0.25, 0.3) is 0 Å². The highest BCUT2D eigenvalue weighted by atomic mass is 32.2. The molecule has 2 N–H and O–H groups in total. The second kappa shape index (κ2) is 11.1. The van der Waals surface area contributed by atoms with Gasteiger partial charge in [0.1, 0.15) is 6.54 Å². The predicted octanol–water partition coefficient (Wildman–Crippen LogP) is 1.51. The summed E-state index contributed by atoms with van der Waals surface area (Å²) in [6, 6.07) is 5.95. The third-order valence-corrected chi connectivity index (χ3v) is 6.46. The average Bonchev–Trinajstić information content (AvgIpc) is 3.25. The van der Waals surface area contributed by atoms with E-state index in [2.05, 4.69) is 10.6 Å². The van der Waals surface area contributed by atoms with Crippen molar-refractivity contribution < 1.29 is 27.5 Å². The average molecular weight is 440 g/mol. The lowest BCUT2D eigenvalue weighted by atomic mass is 10.1. The number of anilines is 1. The molecule has 1 fully saturated rings. The lowest BCUT2D eigenvalue weighted by molar-refractivity contribution is -0.147. The minimum absolute atomic E-state index is 0.100. The summed E-state index contributed by atoms with van der Waals surface area (Å²) < 4.78 is 31.5. The highest BCUT2D eigenvalue weighted by molar-refractivity contribution is 7.89. The first kappa shape index (κ1) is 23.8. The van der Waals surface area contributed by atoms with Crippen LogP contribution in [-0.2, 0) is 29.1 Å². The Morgan fingerprint density at radius 2 is 1.83 bits per heavy atom. The first-order valence-electron chi connectivity index (χ1n) is 10.0. The van der Waals surface area contributed by atoms with Crippen molar-refractivity contribution >= 4 is 33.5 Å². The van der Waals surface area contributed by atoms with Crippen LogP contribution in [-0.4, -0.2) is 56.7 Å². The molecule has 0 aromatic heterocycles. The van der Waals surface area contributed by atoms with Gasteiger partial charge >= 0.3 is 5.97 Å². The molecule has 0 radical (unpaired) electrons. The molecule has 0 spiro atoms. The van der Waals surface area contributed by atoms with Gasteiger partial charge in [-0.1, -0.05) is 19.9 Å². The van der Waals surface area contributed by atoms with Crippen molar-refractivity contribution in [2.45, 2.75) is 44.4 Å². The summed E-state index contributed by atoms with van der Waals surface area (Å²) in [7, 11) is -3.59. The number of esters is 1. The fraction of sp³-hybridized carbons (Fsp3) is 0.550. The Labute approximate surface area is 177 Å². The molecule has 0 unspecified atom stereocenters. The van der Waals surface area contributed by atoms with Gasteiger partial charge in [-0.25, -0.2) is 8.42 Å². The molecule has 1 aromatic carbocycles. The number of carbonyl (C=O) groups excluding carboxylic acids is 3. The first-order valence-corrected chi connectivity index (χ1v) is 11.4. The van der Waals surface area contributed by atoms with E-state index in [1.807, 2.05) is 13.8 Å². The number of rotatable bonds is 10. The van der Waals surface area contributed by atoms with Crippen LogP contribution in [0.5, 0.6) is 0 Å². The molecule has 10 heteroatoms. The molecule has 0 bridgehead atoms. The molecule has 166 valence electrons. The maximum Gasteiger partial charge on any atom is 0.325 e. The Morgan fingerprint density at radius 3 is 2.50 bits per heavy atom. The number of nitrogens with zero attached hydrogens (tertiary/aromatic N) is 1. The molecule has 2 rings (SSSR count). The van der Waals surface area contributed by atoms with Crippen LogP contribution in [0.3, 0.4) is 0 Å². The highest BCUT2D eigenvalue weighted by Gasteiger charge is 2.27. The van der Waals surface area contributed by atoms with E-state index in [1.165, 1.54) is 22.5 Å². The van der Waals surface area contributed by atoms with Crippen LogP contribution in [0.15, 0.2) is 29.2 Å². The molecule has 0 saturated carbocycles. The predicted molar refractivity (Wildman–Crippen MR) is 111 cm³/mol. The zero-order valence-electron chi connectivity index (χ0n) is 17.3. The summed E-state index contributed by atoms with van der Waals surface area (Å²) >= 11 is 0. The van der Waals surface area contributed by atoms with E-state index in [0.717, 1.165) is 19.3 Å². The van der Waals surface area contributed by atoms with Crippen LogP contribution in [0.2, 0.25) is 0 Å². The zero-order chi connectivity index (χ0) is 22.1. The van der Waals surface area contributed by atoms with Gasteiger partial charge in [-0.2, -0.15) is 4.31 Å². The second-order valence-electron chi connectivity index (χ2n) is 7.56. The van der Waals surface area contributed by atoms with Crippen LogP contribution in [0.1, 0.15) is 39.5 Å². The van der Waals surface area contributed by atoms with E-state index in [4.69, 9.17) is 4.74 Å². The molecule has 1 saturated heterocycles. The quantitative estimate of drug-likeness (QED) is 0.533. The minimum atomic E-state index is -3.59. The molecule has 0 atom stereocenters. The van der Waals surface area contributed by atoms with Gasteiger partial charge in [0.2, 0.25) is 15.9 Å². The van der Waals surface area contributed by atoms with E-state index in [1.54, 1.807) is 6.07 Å². The molecule has 1 aliphatic rings. The normalized spacial score (nSPS) is 14.5. The largest absolute Gasteiger partial charge is 0.454 e. The highest BCUT2D eigenvalue weighted by Crippen LogP contribution is 2.23. The third kappa shape index (κ3) is 7.42. The van der Waals surface area contributed by atoms with Crippen LogP contribution < -0.4 is 10.6 Å². The van der Waals surface area contributed by atoms with Gasteiger partial charge in [0.05, 0.1) is 4.90 Å². The monoisotopic (exact) mass is 439 g/mol. The maximum atomic E-state index is 12.6. The lowest BCUT2D eigenvalue weighted by Gasteiger charge is -2.16. The summed E-state index contributed by atoms with van der Waals surface area (Å²) in [5.41, 5.74) is 0.290. The summed E-state index contributed by atoms with van der Waals surface area (Å²) in [6.07, 6.45) is 2.70. The third-order valence-electron chi connectivity index (χ3n) is 4.56. The molecular formula is C20H29N3O6S. The summed E-state index contributed by atoms with van der Waals surface area (Å²) in [6.45, 7) is 4.12. The van der Waals surface area contributed by atoms with Gasteiger partial charge < -0.3 is 15.4 Å². The van der Waals surface area contributed by atoms with Crippen molar-refractivity contribution in [3.8, 4) is 0 Å². The van der Waals surface area contributed by atoms with E-state index in [9.17, 15) is 22.8 Å². The van der Waals surface area contributed by atoms with Gasteiger partial charge in [0, 0.05) is 25.2 Å². The molecule has 1 aliphatic heterocycles. The fourth-order valence-electron chi connectivity index (χ4n) is 2.88. The van der Waals surface area contributed by atoms with Gasteiger partial charge in [-0.3, -0.25) is 14.4 Å². The number of nitrogens with one attached hydrogen (secondary N) is 2. The molecule has 1 heterocycles. The molecular weight excluding hydrogens is 410 g/mol. The van der Waals surface area contributed by atoms with Gasteiger partial charge in [0.15, 0.2) is 6.61 Å². The smallest absolute Gasteiger partial charge is 0.325 e. The number of ether oxygens (including phenoxy) is 1. The van der Waals surface area contributed by atoms with E-state index in [0.29, 0.717) is 31.1 Å². The number of hydrogen-bond donors (Lipinski definition) is 2. The topological polar surface area (TPSA) is 122 Å². The number of benzene rings is 1. The zero-order valence-corrected chi connectivity index (χ0v) is 18.2. The SMILES string of the molecule is CC(C)CCC(=O)NCC(=O)OCC(=O)Nc1cccc(S(=O)(=O)N2CCCC2)c1. The van der Waals surface area contributed by atoms with Crippen molar-refractivity contribution in [3.05, 3.63) is 24.3 Å². The molecule has 1 aromatic rings. The lowest BCUT2D eigenvalue weighted by Crippen LogP contribution is -2.32. The number of carbonyl (C=O) groups is 3. The molecule has 30 heavy (non-hydrogen) atoms. The first-order chi connectivity index (χ1) is 14.2. The van der Waals surface area contributed by atoms with Crippen LogP contribution >= 0.6 is 0 Å². The van der Waals surface area contributed by atoms with Crippen molar-refractivity contribution in [2.75, 3.05) is 31.6 Å². The standard InChI is InChI=1S/C20H29N3O6S/c1-15(2)8-9-18(24)21-13-20(26)29-14-19(25)22-16-6-5-7-17(12-16)30(27,28)23-10-3-4-11-23/h5-7,12,15H,3-4,8-11,13-14H2,1-2H3,(H,21,24)(H,22,25). The molecule has 9 nitrogen and oxygen atoms in total. The van der Waals surface area contributed by atoms with E-state index < -0.39 is 28.5 Å². The summed E-state index contributed by atoms with van der Waals surface area (Å²) in [5, 5.41) is 4.96. The van der Waals surface area contributed by atoms with E-state index in [-0.39, 0.29) is 17.3 Å². The number of hydrogen-bond acceptors (Lipinski definition) is 6. The van der Waals surface area contributed by atoms with Gasteiger partial charge in [0.25, 0.3) is 5.91 Å². The van der Waals surface area contributed by atoms with Crippen LogP contribution in [0.4, 0.5) is 5.69 Å². The molecule has 2 amide bonds. The van der Waals surface area contributed by atoms with Crippen molar-refractivity contribution in [3.63, 3.8) is 0 Å². The van der Waals surface area contributed by atoms with Crippen molar-refractivity contribution in [1.82, 2.24) is 9.62 Å². The Balaban J connectivity index is 1.79. The minimum Gasteiger partial charge on any atom is -0.454 e. The Hall–Kier alpha value is -2.46. The number of amides is 2. The summed E-state index contributed by atoms with van der Waals surface area (Å²) in [4.78, 5) is 35.4. The van der Waals surface area contributed by atoms with Gasteiger partial charge in [-0.15, -0.1) is 0 Å².